The van der Waals surface area contributed by atoms with Crippen LogP contribution in [0.1, 0.15) is 30.7 Å². The molecule has 1 N–H and O–H groups in total. The molecule has 1 aromatic heterocycles. The highest BCUT2D eigenvalue weighted by atomic mass is 19.2. The molecule has 0 bridgehead atoms. The Bertz CT molecular complexity index is 862. The van der Waals surface area contributed by atoms with Gasteiger partial charge >= 0.3 is 5.97 Å². The molecule has 0 saturated carbocycles. The van der Waals surface area contributed by atoms with Crippen molar-refractivity contribution < 1.29 is 18.7 Å². The molecule has 1 saturated heterocycles. The molecule has 0 aliphatic carbocycles. The van der Waals surface area contributed by atoms with Gasteiger partial charge in [-0.1, -0.05) is 0 Å². The number of aryl methyl sites for hydroxylation is 1. The van der Waals surface area contributed by atoms with E-state index >= 15 is 0 Å². The van der Waals surface area contributed by atoms with Crippen molar-refractivity contribution in [3.8, 4) is 0 Å². The van der Waals surface area contributed by atoms with Crippen molar-refractivity contribution in [3.05, 3.63) is 47.3 Å². The number of carbonyl (C=O) groups is 1. The first-order chi connectivity index (χ1) is 13.5. The molecule has 1 fully saturated rings. The summed E-state index contributed by atoms with van der Waals surface area (Å²) in [6.07, 6.45) is 2.50. The summed E-state index contributed by atoms with van der Waals surface area (Å²) in [4.78, 5) is 15.3. The van der Waals surface area contributed by atoms with E-state index in [0.29, 0.717) is 12.5 Å². The minimum absolute atomic E-state index is 0.0998. The smallest absolute Gasteiger partial charge is 0.303 e. The van der Waals surface area contributed by atoms with Crippen LogP contribution in [0.3, 0.4) is 0 Å². The van der Waals surface area contributed by atoms with Gasteiger partial charge in [0.25, 0.3) is 0 Å². The molecule has 150 valence electrons. The Morgan fingerprint density at radius 2 is 1.89 bits per heavy atom. The minimum atomic E-state index is -0.814. The molecule has 3 heterocycles. The number of benzene rings is 1. The maximum atomic E-state index is 13.5. The van der Waals surface area contributed by atoms with Crippen LogP contribution in [0.25, 0.3) is 0 Å². The Labute approximate surface area is 162 Å². The fourth-order valence-electron chi connectivity index (χ4n) is 4.19. The topological polar surface area (TPSA) is 61.6 Å². The number of anilines is 1. The van der Waals surface area contributed by atoms with Gasteiger partial charge in [0.2, 0.25) is 0 Å². The largest absolute Gasteiger partial charge is 0.481 e. The Kier molecular flexibility index (Phi) is 5.30. The number of piperidine rings is 1. The average molecular weight is 390 g/mol. The Morgan fingerprint density at radius 1 is 1.11 bits per heavy atom. The number of rotatable bonds is 5. The fourth-order valence-corrected chi connectivity index (χ4v) is 4.19. The van der Waals surface area contributed by atoms with Crippen molar-refractivity contribution >= 4 is 11.7 Å². The number of carboxylic acid groups (broad SMARTS) is 1. The zero-order chi connectivity index (χ0) is 19.7. The fraction of sp³-hybridized carbons (Fsp3) is 0.500. The van der Waals surface area contributed by atoms with Gasteiger partial charge in [-0.2, -0.15) is 5.10 Å². The summed E-state index contributed by atoms with van der Waals surface area (Å²) in [5.41, 5.74) is 2.71. The van der Waals surface area contributed by atoms with Gasteiger partial charge in [-0.15, -0.1) is 0 Å². The molecule has 0 amide bonds. The molecule has 0 radical (unpaired) electrons. The molecular formula is C20H24F2N4O2. The molecule has 4 rings (SSSR count). The molecule has 0 spiro atoms. The van der Waals surface area contributed by atoms with Gasteiger partial charge in [-0.25, -0.2) is 8.78 Å². The molecule has 0 unspecified atom stereocenters. The van der Waals surface area contributed by atoms with Crippen LogP contribution in [0.15, 0.2) is 24.3 Å². The van der Waals surface area contributed by atoms with Crippen LogP contribution in [-0.2, 0) is 24.3 Å². The van der Waals surface area contributed by atoms with Crippen molar-refractivity contribution in [3.63, 3.8) is 0 Å². The highest BCUT2D eigenvalue weighted by Crippen LogP contribution is 2.26. The van der Waals surface area contributed by atoms with Gasteiger partial charge in [0.05, 0.1) is 24.4 Å². The highest BCUT2D eigenvalue weighted by molar-refractivity contribution is 5.66. The number of halogens is 2. The third-order valence-electron chi connectivity index (χ3n) is 5.72. The van der Waals surface area contributed by atoms with Gasteiger partial charge in [0.15, 0.2) is 11.6 Å². The van der Waals surface area contributed by atoms with Gasteiger partial charge in [0, 0.05) is 50.4 Å². The number of carboxylic acids is 1. The number of hydrogen-bond acceptors (Lipinski definition) is 4. The molecule has 2 aromatic rings. The van der Waals surface area contributed by atoms with Gasteiger partial charge < -0.3 is 10.0 Å². The molecule has 6 nitrogen and oxygen atoms in total. The van der Waals surface area contributed by atoms with Crippen molar-refractivity contribution in [2.75, 3.05) is 24.5 Å². The zero-order valence-corrected chi connectivity index (χ0v) is 15.7. The van der Waals surface area contributed by atoms with Gasteiger partial charge in [-0.05, 0) is 31.0 Å². The number of nitrogens with zero attached hydrogens (tertiary/aromatic N) is 4. The molecule has 28 heavy (non-hydrogen) atoms. The summed E-state index contributed by atoms with van der Waals surface area (Å²) in [6, 6.07) is 6.56. The summed E-state index contributed by atoms with van der Waals surface area (Å²) in [7, 11) is 0. The monoisotopic (exact) mass is 390 g/mol. The zero-order valence-electron chi connectivity index (χ0n) is 15.7. The van der Waals surface area contributed by atoms with Crippen LogP contribution < -0.4 is 4.90 Å². The average Bonchev–Trinajstić information content (AvgIpc) is 3.11. The van der Waals surface area contributed by atoms with Crippen molar-refractivity contribution in [2.24, 2.45) is 0 Å². The van der Waals surface area contributed by atoms with E-state index in [-0.39, 0.29) is 6.42 Å². The summed E-state index contributed by atoms with van der Waals surface area (Å²) in [6.45, 7) is 4.18. The van der Waals surface area contributed by atoms with Crippen LogP contribution in [0.5, 0.6) is 0 Å². The van der Waals surface area contributed by atoms with Crippen molar-refractivity contribution in [1.29, 1.82) is 0 Å². The highest BCUT2D eigenvalue weighted by Gasteiger charge is 2.28. The third kappa shape index (κ3) is 4.01. The first-order valence-electron chi connectivity index (χ1n) is 9.71. The minimum Gasteiger partial charge on any atom is -0.481 e. The van der Waals surface area contributed by atoms with Crippen LogP contribution in [-0.4, -0.2) is 51.4 Å². The summed E-state index contributed by atoms with van der Waals surface area (Å²) < 4.78 is 28.6. The number of fused-ring (bicyclic) bond motifs is 1. The van der Waals surface area contributed by atoms with Gasteiger partial charge in [-0.3, -0.25) is 14.4 Å². The van der Waals surface area contributed by atoms with Gasteiger partial charge in [0.1, 0.15) is 0 Å². The van der Waals surface area contributed by atoms with E-state index in [2.05, 4.69) is 14.9 Å². The third-order valence-corrected chi connectivity index (χ3v) is 5.72. The Hall–Kier alpha value is -2.48. The van der Waals surface area contributed by atoms with Crippen LogP contribution in [0.4, 0.5) is 14.5 Å². The standard InChI is InChI=1S/C20H24F2N4O2/c21-18-3-2-16(12-19(18)22)24-7-5-15(6-8-24)25-9-10-26-17(13-25)11-14(23-26)1-4-20(27)28/h2-3,11-12,15H,1,4-10,13H2,(H,27,28). The number of hydrogen-bond donors (Lipinski definition) is 1. The van der Waals surface area contributed by atoms with E-state index < -0.39 is 17.6 Å². The SMILES string of the molecule is O=C(O)CCc1cc2n(n1)CCN(C1CCN(c3ccc(F)c(F)c3)CC1)C2. The van der Waals surface area contributed by atoms with E-state index in [1.54, 1.807) is 6.07 Å². The quantitative estimate of drug-likeness (QED) is 0.851. The normalized spacial score (nSPS) is 18.3. The van der Waals surface area contributed by atoms with E-state index in [4.69, 9.17) is 5.11 Å². The second kappa shape index (κ2) is 7.87. The van der Waals surface area contributed by atoms with Crippen LogP contribution >= 0.6 is 0 Å². The lowest BCUT2D eigenvalue weighted by Crippen LogP contribution is -2.47. The number of aromatic nitrogens is 2. The van der Waals surface area contributed by atoms with E-state index in [9.17, 15) is 13.6 Å². The summed E-state index contributed by atoms with van der Waals surface area (Å²) in [5.74, 6) is -2.42. The van der Waals surface area contributed by atoms with Crippen molar-refractivity contribution in [2.45, 2.75) is 44.8 Å². The maximum Gasteiger partial charge on any atom is 0.303 e. The molecule has 2 aliphatic heterocycles. The summed E-state index contributed by atoms with van der Waals surface area (Å²) >= 11 is 0. The predicted octanol–water partition coefficient (Wildman–Crippen LogP) is 2.66. The first-order valence-corrected chi connectivity index (χ1v) is 9.71. The second-order valence-corrected chi connectivity index (χ2v) is 7.53. The first kappa shape index (κ1) is 18.9. The molecule has 1 aromatic carbocycles. The predicted molar refractivity (Wildman–Crippen MR) is 100 cm³/mol. The second-order valence-electron chi connectivity index (χ2n) is 7.53. The van der Waals surface area contributed by atoms with Crippen LogP contribution in [0.2, 0.25) is 0 Å². The van der Waals surface area contributed by atoms with E-state index in [0.717, 1.165) is 62.6 Å². The Morgan fingerprint density at radius 3 is 2.61 bits per heavy atom. The molecule has 0 atom stereocenters. The molecule has 2 aliphatic rings. The Balaban J connectivity index is 1.34. The molecular weight excluding hydrogens is 366 g/mol. The van der Waals surface area contributed by atoms with Crippen LogP contribution in [0, 0.1) is 11.6 Å². The lowest BCUT2D eigenvalue weighted by molar-refractivity contribution is -0.136. The number of aliphatic carboxylic acids is 1. The van der Waals surface area contributed by atoms with Crippen molar-refractivity contribution in [1.82, 2.24) is 14.7 Å². The lowest BCUT2D eigenvalue weighted by Gasteiger charge is -2.41. The van der Waals surface area contributed by atoms with E-state index in [1.165, 1.54) is 12.1 Å². The summed E-state index contributed by atoms with van der Waals surface area (Å²) in [5, 5.41) is 13.4. The molecule has 8 heteroatoms. The maximum absolute atomic E-state index is 13.5. The lowest BCUT2D eigenvalue weighted by atomic mass is 10.0. The van der Waals surface area contributed by atoms with E-state index in [1.807, 2.05) is 10.7 Å².